The molecule has 370 valence electrons. The molecule has 0 fully saturated rings. The van der Waals surface area contributed by atoms with Gasteiger partial charge in [0, 0.05) is 33.0 Å². The zero-order valence-corrected chi connectivity index (χ0v) is 51.0. The summed E-state index contributed by atoms with van der Waals surface area (Å²) >= 11 is 3.31. The predicted octanol–water partition coefficient (Wildman–Crippen LogP) is 14.4. The number of hydrogen-bond acceptors (Lipinski definition) is 1. The van der Waals surface area contributed by atoms with Gasteiger partial charge < -0.3 is 13.5 Å². The molecule has 64 heavy (non-hydrogen) atoms. The molecular formula is C55H94BNi2P4S2-. The van der Waals surface area contributed by atoms with Crippen LogP contribution in [0.15, 0.2) is 121 Å². The minimum absolute atomic E-state index is 0. The van der Waals surface area contributed by atoms with Crippen LogP contribution in [0.2, 0.25) is 0 Å². The molecule has 0 aromatic heterocycles. The molecule has 0 bridgehead atoms. The Morgan fingerprint density at radius 2 is 0.438 bits per heavy atom. The van der Waals surface area contributed by atoms with Crippen LogP contribution in [-0.4, -0.2) is 81.3 Å². The summed E-state index contributed by atoms with van der Waals surface area (Å²) in [6, 6.07) is 43.5. The van der Waals surface area contributed by atoms with Crippen LogP contribution in [0.4, 0.5) is 0 Å². The average Bonchev–Trinajstić information content (AvgIpc) is 3.19. The molecular weight excluding hydrogens is 977 g/mol. The van der Waals surface area contributed by atoms with Crippen molar-refractivity contribution < 1.29 is 33.0 Å². The molecule has 0 nitrogen and oxygen atoms in total. The van der Waals surface area contributed by atoms with Crippen LogP contribution in [0.5, 0.6) is 0 Å². The smallest absolute Gasteiger partial charge is 0.108 e. The van der Waals surface area contributed by atoms with Crippen molar-refractivity contribution in [3.63, 3.8) is 0 Å². The summed E-state index contributed by atoms with van der Waals surface area (Å²) in [5.74, 6) is 0. The quantitative estimate of drug-likeness (QED) is 0.0315. The maximum Gasteiger partial charge on any atom is 0.108 e. The fourth-order valence-corrected chi connectivity index (χ4v) is 21.6. The molecule has 0 saturated carbocycles. The van der Waals surface area contributed by atoms with E-state index in [1.54, 1.807) is 0 Å². The number of rotatable bonds is 18. The normalized spacial score (nSPS) is 11.5. The van der Waals surface area contributed by atoms with Gasteiger partial charge in [0.05, 0.1) is 0 Å². The number of thiol groups is 1. The molecule has 4 aromatic rings. The molecule has 0 unspecified atom stereocenters. The topological polar surface area (TPSA) is 0 Å². The Balaban J connectivity index is -0.000000850. The van der Waals surface area contributed by atoms with E-state index in [0.29, 0.717) is 5.25 Å². The zero-order valence-electron chi connectivity index (χ0n) is 43.5. The van der Waals surface area contributed by atoms with E-state index in [-0.39, 0.29) is 78.2 Å². The Bertz CT molecular complexity index is 1370. The Morgan fingerprint density at radius 1 is 0.312 bits per heavy atom. The number of benzene rings is 4. The third-order valence-corrected chi connectivity index (χ3v) is 26.0. The van der Waals surface area contributed by atoms with Gasteiger partial charge in [0.15, 0.2) is 0 Å². The van der Waals surface area contributed by atoms with Crippen molar-refractivity contribution in [1.82, 2.24) is 0 Å². The van der Waals surface area contributed by atoms with E-state index in [2.05, 4.69) is 259 Å². The summed E-state index contributed by atoms with van der Waals surface area (Å²) in [5.41, 5.74) is 12.6. The molecule has 9 heteroatoms. The van der Waals surface area contributed by atoms with Crippen molar-refractivity contribution >= 4 is 85.8 Å². The first-order valence-corrected chi connectivity index (χ1v) is 31.0. The molecule has 0 atom stereocenters. The zero-order chi connectivity index (χ0) is 46.3. The molecule has 0 heterocycles. The molecule has 0 aliphatic heterocycles. The van der Waals surface area contributed by atoms with Gasteiger partial charge in [0.2, 0.25) is 0 Å². The molecule has 4 aromatic carbocycles. The van der Waals surface area contributed by atoms with Crippen LogP contribution in [0.1, 0.15) is 125 Å². The van der Waals surface area contributed by atoms with E-state index in [1.807, 2.05) is 0 Å². The van der Waals surface area contributed by atoms with E-state index < -0.39 is 6.15 Å². The first-order valence-electron chi connectivity index (χ1n) is 23.8. The average molecular weight is 1070 g/mol. The molecule has 0 amide bonds. The third-order valence-electron chi connectivity index (χ3n) is 11.7. The first kappa shape index (κ1) is 68.6. The maximum atomic E-state index is 3.31. The molecule has 0 radical (unpaired) electrons. The molecule has 0 spiro atoms. The van der Waals surface area contributed by atoms with Crippen molar-refractivity contribution in [2.45, 2.75) is 175 Å². The summed E-state index contributed by atoms with van der Waals surface area (Å²) in [5, 5.41) is 0.639. The van der Waals surface area contributed by atoms with Gasteiger partial charge in [-0.1, -0.05) is 232 Å². The van der Waals surface area contributed by atoms with Gasteiger partial charge in [-0.25, -0.2) is 0 Å². The molecule has 4 rings (SSSR count). The Morgan fingerprint density at radius 3 is 0.547 bits per heavy atom. The van der Waals surface area contributed by atoms with Crippen molar-refractivity contribution in [2.24, 2.45) is 0 Å². The van der Waals surface area contributed by atoms with E-state index in [0.717, 1.165) is 45.3 Å². The molecule has 0 saturated heterocycles. The summed E-state index contributed by atoms with van der Waals surface area (Å²) < 4.78 is 0. The second kappa shape index (κ2) is 37.2. The van der Waals surface area contributed by atoms with E-state index >= 15 is 0 Å². The van der Waals surface area contributed by atoms with Crippen LogP contribution >= 0.6 is 31.7 Å². The Hall–Kier alpha value is 0.352. The second-order valence-electron chi connectivity index (χ2n) is 19.4. The van der Waals surface area contributed by atoms with Gasteiger partial charge in [-0.05, 0) is 96.4 Å². The standard InChI is InChI=1S/C24H20B.2C14H32P2.C3H8S.2Ni.H2S/c1-5-13-21(14-6-1)25(22-15-7-2-8-16-22,23-17-9-3-10-18-23)24-19-11-4-12-20-24;2*1-11(2)15(12(3)4)9-10-16(13(5)6)14(7)8;1-3(2)4;;;/h1-20H;2*11-14H,9-10H2,1-8H3;3-4H,1-2H3;;;1H2/q-1;;;;;;. The fourth-order valence-electron chi connectivity index (χ4n) is 9.03. The fraction of sp³-hybridized carbons (Fsp3) is 0.564. The summed E-state index contributed by atoms with van der Waals surface area (Å²) in [6.07, 6.45) is 4.81. The summed E-state index contributed by atoms with van der Waals surface area (Å²) in [7, 11) is 1.02. The summed E-state index contributed by atoms with van der Waals surface area (Å²) in [6.45, 7) is 42.8. The predicted molar refractivity (Wildman–Crippen MR) is 312 cm³/mol. The van der Waals surface area contributed by atoms with Crippen molar-refractivity contribution in [3.05, 3.63) is 121 Å². The van der Waals surface area contributed by atoms with Crippen LogP contribution in [0.3, 0.4) is 0 Å². The van der Waals surface area contributed by atoms with Gasteiger partial charge in [-0.15, -0.1) is 31.7 Å². The maximum absolute atomic E-state index is 3.31. The van der Waals surface area contributed by atoms with Crippen LogP contribution in [0.25, 0.3) is 0 Å². The van der Waals surface area contributed by atoms with Gasteiger partial charge >= 0.3 is 0 Å². The van der Waals surface area contributed by atoms with Gasteiger partial charge in [-0.3, -0.25) is 0 Å². The van der Waals surface area contributed by atoms with Gasteiger partial charge in [-0.2, -0.15) is 21.9 Å². The van der Waals surface area contributed by atoms with Crippen molar-refractivity contribution in [3.8, 4) is 0 Å². The van der Waals surface area contributed by atoms with E-state index in [4.69, 9.17) is 0 Å². The molecule has 0 aliphatic carbocycles. The monoisotopic (exact) mass is 1070 g/mol. The second-order valence-corrected chi connectivity index (χ2v) is 34.7. The first-order chi connectivity index (χ1) is 28.7. The summed E-state index contributed by atoms with van der Waals surface area (Å²) in [4.78, 5) is 0. The Labute approximate surface area is 436 Å². The Kier molecular flexibility index (Phi) is 39.9. The molecule has 0 aliphatic rings. The minimum atomic E-state index is -1.22. The van der Waals surface area contributed by atoms with Crippen LogP contribution < -0.4 is 21.9 Å². The van der Waals surface area contributed by atoms with Gasteiger partial charge in [0.25, 0.3) is 0 Å². The van der Waals surface area contributed by atoms with E-state index in [1.165, 1.54) is 46.5 Å². The largest absolute Gasteiger partial charge is 0.813 e. The minimum Gasteiger partial charge on any atom is -0.813 e. The molecule has 0 N–H and O–H groups in total. The van der Waals surface area contributed by atoms with Gasteiger partial charge in [0.1, 0.15) is 11.4 Å². The van der Waals surface area contributed by atoms with Crippen LogP contribution in [-0.2, 0) is 59.1 Å². The number of hydrogen-bond donors (Lipinski definition) is 0. The van der Waals surface area contributed by atoms with Crippen molar-refractivity contribution in [2.75, 3.05) is 24.6 Å². The van der Waals surface area contributed by atoms with Crippen LogP contribution in [0, 0.1) is 0 Å². The third kappa shape index (κ3) is 24.3. The SMILES string of the molecule is CC(C)P(CCP(C(C)C)C(C)C)C(C)C.CC(C)P(CCP(C(C)C)C(C)C)C(C)C.CC(C)[SH2+].[Ni].[Ni].[SH-].c1ccc([B-](c2ccccc2)(c2ccccc2)c2ccccc2)cc1. The van der Waals surface area contributed by atoms with Crippen molar-refractivity contribution in [1.29, 1.82) is 0 Å². The van der Waals surface area contributed by atoms with E-state index in [9.17, 15) is 0 Å².